The van der Waals surface area contributed by atoms with Crippen molar-refractivity contribution in [2.24, 2.45) is 0 Å². The summed E-state index contributed by atoms with van der Waals surface area (Å²) in [6.07, 6.45) is 4.84. The minimum Gasteiger partial charge on any atom is -0.496 e. The molecule has 1 unspecified atom stereocenters. The third kappa shape index (κ3) is 4.03. The molecule has 1 saturated heterocycles. The van der Waals surface area contributed by atoms with E-state index in [2.05, 4.69) is 25.9 Å². The second-order valence-corrected chi connectivity index (χ2v) is 7.08. The molecule has 3 heterocycles. The smallest absolute Gasteiger partial charge is 0.249 e. The van der Waals surface area contributed by atoms with Crippen molar-refractivity contribution in [2.75, 3.05) is 20.2 Å². The third-order valence-electron chi connectivity index (χ3n) is 5.30. The molecule has 3 aromatic rings. The minimum atomic E-state index is -0.728. The zero-order valence-corrected chi connectivity index (χ0v) is 17.7. The zero-order chi connectivity index (χ0) is 20.3. The maximum absolute atomic E-state index is 13.3. The predicted molar refractivity (Wildman–Crippen MR) is 112 cm³/mol. The molecule has 0 aliphatic carbocycles. The molecule has 1 aliphatic rings. The van der Waals surface area contributed by atoms with Gasteiger partial charge in [-0.1, -0.05) is 17.3 Å². The van der Waals surface area contributed by atoms with Crippen LogP contribution in [0.4, 0.5) is 0 Å². The van der Waals surface area contributed by atoms with Gasteiger partial charge in [0.25, 0.3) is 0 Å². The molecule has 2 aromatic heterocycles. The van der Waals surface area contributed by atoms with Gasteiger partial charge in [0.1, 0.15) is 17.3 Å². The Morgan fingerprint density at radius 1 is 1.30 bits per heavy atom. The van der Waals surface area contributed by atoms with Crippen molar-refractivity contribution in [1.29, 1.82) is 0 Å². The van der Waals surface area contributed by atoms with Gasteiger partial charge in [0.05, 0.1) is 12.7 Å². The molecular formula is C20H25ClN6O3. The summed E-state index contributed by atoms with van der Waals surface area (Å²) in [5, 5.41) is 14.7. The highest BCUT2D eigenvalue weighted by Crippen LogP contribution is 2.30. The van der Waals surface area contributed by atoms with Crippen LogP contribution in [0.15, 0.2) is 47.2 Å². The summed E-state index contributed by atoms with van der Waals surface area (Å²) in [6, 6.07) is 8.84. The lowest BCUT2D eigenvalue weighted by Gasteiger charge is -2.36. The monoisotopic (exact) mass is 432 g/mol. The largest absolute Gasteiger partial charge is 0.496 e. The highest BCUT2D eigenvalue weighted by Gasteiger charge is 2.42. The summed E-state index contributed by atoms with van der Waals surface area (Å²) < 4.78 is 12.5. The molecular weight excluding hydrogens is 408 g/mol. The first kappa shape index (κ1) is 21.8. The summed E-state index contributed by atoms with van der Waals surface area (Å²) >= 11 is 0. The minimum absolute atomic E-state index is 0. The molecule has 0 bridgehead atoms. The van der Waals surface area contributed by atoms with Gasteiger partial charge in [-0.25, -0.2) is 0 Å². The van der Waals surface area contributed by atoms with Crippen molar-refractivity contribution in [3.8, 4) is 17.1 Å². The van der Waals surface area contributed by atoms with Gasteiger partial charge in [0.2, 0.25) is 17.6 Å². The second kappa shape index (κ2) is 9.27. The van der Waals surface area contributed by atoms with E-state index in [0.29, 0.717) is 30.3 Å². The van der Waals surface area contributed by atoms with E-state index in [0.717, 1.165) is 18.7 Å². The molecule has 0 saturated carbocycles. The first-order chi connectivity index (χ1) is 14.1. The van der Waals surface area contributed by atoms with Crippen LogP contribution in [0.2, 0.25) is 0 Å². The molecule has 30 heavy (non-hydrogen) atoms. The Bertz CT molecular complexity index is 969. The van der Waals surface area contributed by atoms with Crippen molar-refractivity contribution in [1.82, 2.24) is 30.6 Å². The normalized spacial score (nSPS) is 16.3. The van der Waals surface area contributed by atoms with E-state index in [1.807, 2.05) is 43.5 Å². The fourth-order valence-corrected chi connectivity index (χ4v) is 3.67. The highest BCUT2D eigenvalue weighted by atomic mass is 35.5. The van der Waals surface area contributed by atoms with Gasteiger partial charge in [-0.3, -0.25) is 9.48 Å². The summed E-state index contributed by atoms with van der Waals surface area (Å²) in [7, 11) is 1.59. The first-order valence-electron chi connectivity index (χ1n) is 9.63. The van der Waals surface area contributed by atoms with Gasteiger partial charge in [-0.2, -0.15) is 10.1 Å². The van der Waals surface area contributed by atoms with E-state index in [9.17, 15) is 4.79 Å². The molecule has 0 spiro atoms. The van der Waals surface area contributed by atoms with Crippen LogP contribution < -0.4 is 15.4 Å². The van der Waals surface area contributed by atoms with Crippen molar-refractivity contribution in [3.05, 3.63) is 48.6 Å². The number of hydrogen-bond acceptors (Lipinski definition) is 7. The fraction of sp³-hybridized carbons (Fsp3) is 0.400. The molecule has 1 amide bonds. The van der Waals surface area contributed by atoms with Crippen molar-refractivity contribution in [2.45, 2.75) is 31.3 Å². The average Bonchev–Trinajstić information content (AvgIpc) is 3.46. The fourth-order valence-electron chi connectivity index (χ4n) is 3.67. The Balaban J connectivity index is 0.00000256. The number of rotatable bonds is 6. The van der Waals surface area contributed by atoms with Gasteiger partial charge in [-0.05, 0) is 51.1 Å². The van der Waals surface area contributed by atoms with Gasteiger partial charge in [0.15, 0.2) is 0 Å². The highest BCUT2D eigenvalue weighted by molar-refractivity contribution is 5.85. The van der Waals surface area contributed by atoms with E-state index < -0.39 is 11.6 Å². The lowest BCUT2D eigenvalue weighted by atomic mass is 9.87. The number of aromatic nitrogens is 4. The van der Waals surface area contributed by atoms with E-state index >= 15 is 0 Å². The van der Waals surface area contributed by atoms with Crippen LogP contribution in [0.1, 0.15) is 31.7 Å². The summed E-state index contributed by atoms with van der Waals surface area (Å²) in [4.78, 5) is 17.7. The molecule has 160 valence electrons. The Hall–Kier alpha value is -2.91. The molecule has 9 nitrogen and oxygen atoms in total. The van der Waals surface area contributed by atoms with Crippen molar-refractivity contribution in [3.63, 3.8) is 0 Å². The molecule has 1 fully saturated rings. The summed E-state index contributed by atoms with van der Waals surface area (Å²) in [5.41, 5.74) is 0.00372. The number of ether oxygens (including phenoxy) is 1. The standard InChI is InChI=1S/C20H24N6O3.ClH/c1-14(18-24-17(25-29-18)15-6-3-4-7-16(15)28-2)23-19(27)20(8-11-21-12-9-20)26-13-5-10-22-26;/h3-7,10,13-14,21H,8-9,11-12H2,1-2H3,(H,23,27);1H. The van der Waals surface area contributed by atoms with Gasteiger partial charge < -0.3 is 19.9 Å². The Morgan fingerprint density at radius 3 is 2.77 bits per heavy atom. The molecule has 1 atom stereocenters. The third-order valence-corrected chi connectivity index (χ3v) is 5.30. The van der Waals surface area contributed by atoms with Crippen LogP contribution in [0.25, 0.3) is 11.4 Å². The summed E-state index contributed by atoms with van der Waals surface area (Å²) in [5.74, 6) is 1.31. The van der Waals surface area contributed by atoms with Crippen LogP contribution in [0.5, 0.6) is 5.75 Å². The lowest BCUT2D eigenvalue weighted by molar-refractivity contribution is -0.132. The number of nitrogens with zero attached hydrogens (tertiary/aromatic N) is 4. The maximum atomic E-state index is 13.3. The van der Waals surface area contributed by atoms with Gasteiger partial charge in [-0.15, -0.1) is 12.4 Å². The Morgan fingerprint density at radius 2 is 2.07 bits per heavy atom. The zero-order valence-electron chi connectivity index (χ0n) is 16.9. The molecule has 1 aliphatic heterocycles. The number of hydrogen-bond donors (Lipinski definition) is 2. The van der Waals surface area contributed by atoms with Crippen LogP contribution in [0, 0.1) is 0 Å². The maximum Gasteiger partial charge on any atom is 0.249 e. The number of halogens is 1. The molecule has 1 aromatic carbocycles. The quantitative estimate of drug-likeness (QED) is 0.615. The second-order valence-electron chi connectivity index (χ2n) is 7.08. The van der Waals surface area contributed by atoms with Crippen LogP contribution in [-0.4, -0.2) is 46.0 Å². The van der Waals surface area contributed by atoms with Crippen LogP contribution in [0.3, 0.4) is 0 Å². The Labute approximate surface area is 180 Å². The molecule has 4 rings (SSSR count). The number of methoxy groups -OCH3 is 1. The van der Waals surface area contributed by atoms with E-state index in [-0.39, 0.29) is 18.3 Å². The van der Waals surface area contributed by atoms with E-state index in [4.69, 9.17) is 9.26 Å². The number of amides is 1. The first-order valence-corrected chi connectivity index (χ1v) is 9.63. The topological polar surface area (TPSA) is 107 Å². The Kier molecular flexibility index (Phi) is 6.73. The average molecular weight is 433 g/mol. The van der Waals surface area contributed by atoms with Crippen molar-refractivity contribution < 1.29 is 14.1 Å². The number of carbonyl (C=O) groups is 1. The predicted octanol–water partition coefficient (Wildman–Crippen LogP) is 2.32. The molecule has 10 heteroatoms. The SMILES string of the molecule is COc1ccccc1-c1noc(C(C)NC(=O)C2(n3cccn3)CCNCC2)n1.Cl. The van der Waals surface area contributed by atoms with Crippen LogP contribution in [-0.2, 0) is 10.3 Å². The van der Waals surface area contributed by atoms with Gasteiger partial charge in [0, 0.05) is 12.4 Å². The molecule has 2 N–H and O–H groups in total. The number of carbonyl (C=O) groups excluding carboxylic acids is 1. The number of benzene rings is 1. The molecule has 0 radical (unpaired) electrons. The van der Waals surface area contributed by atoms with Gasteiger partial charge >= 0.3 is 0 Å². The van der Waals surface area contributed by atoms with E-state index in [1.54, 1.807) is 18.0 Å². The van der Waals surface area contributed by atoms with E-state index in [1.165, 1.54) is 0 Å². The van der Waals surface area contributed by atoms with Crippen LogP contribution >= 0.6 is 12.4 Å². The number of para-hydroxylation sites is 1. The summed E-state index contributed by atoms with van der Waals surface area (Å²) in [6.45, 7) is 3.33. The number of nitrogens with one attached hydrogen (secondary N) is 2. The lowest BCUT2D eigenvalue weighted by Crippen LogP contribution is -2.55. The van der Waals surface area contributed by atoms with Crippen molar-refractivity contribution >= 4 is 18.3 Å². The number of piperidine rings is 1.